The molecule has 0 amide bonds. The highest BCUT2D eigenvalue weighted by Gasteiger charge is 2.19. The van der Waals surface area contributed by atoms with Crippen molar-refractivity contribution in [3.63, 3.8) is 0 Å². The molecule has 0 saturated carbocycles. The van der Waals surface area contributed by atoms with Crippen molar-refractivity contribution in [3.05, 3.63) is 0 Å². The first-order chi connectivity index (χ1) is 7.11. The predicted octanol–water partition coefficient (Wildman–Crippen LogP) is 1.22. The Hall–Kier alpha value is -0.120. The van der Waals surface area contributed by atoms with Gasteiger partial charge in [-0.25, -0.2) is 0 Å². The Morgan fingerprint density at radius 2 is 1.93 bits per heavy atom. The van der Waals surface area contributed by atoms with E-state index >= 15 is 0 Å². The largest absolute Gasteiger partial charge is 0.393 e. The van der Waals surface area contributed by atoms with Crippen molar-refractivity contribution in [2.45, 2.75) is 58.2 Å². The molecular weight excluding hydrogens is 188 g/mol. The van der Waals surface area contributed by atoms with Gasteiger partial charge in [0.1, 0.15) is 0 Å². The lowest BCUT2D eigenvalue weighted by Gasteiger charge is -2.33. The third kappa shape index (κ3) is 4.96. The van der Waals surface area contributed by atoms with Crippen LogP contribution < -0.4 is 5.32 Å². The Balaban J connectivity index is 2.17. The molecule has 0 aromatic carbocycles. The molecule has 15 heavy (non-hydrogen) atoms. The highest BCUT2D eigenvalue weighted by atomic mass is 16.3. The van der Waals surface area contributed by atoms with Crippen molar-refractivity contribution >= 4 is 0 Å². The number of rotatable bonds is 5. The van der Waals surface area contributed by atoms with Crippen LogP contribution in [0.3, 0.4) is 0 Å². The van der Waals surface area contributed by atoms with Gasteiger partial charge in [0.15, 0.2) is 0 Å². The van der Waals surface area contributed by atoms with Gasteiger partial charge in [0.2, 0.25) is 0 Å². The minimum absolute atomic E-state index is 0.191. The summed E-state index contributed by atoms with van der Waals surface area (Å²) in [6, 6.07) is 1.09. The molecule has 2 unspecified atom stereocenters. The Kier molecular flexibility index (Phi) is 5.58. The van der Waals surface area contributed by atoms with Crippen LogP contribution in [0, 0.1) is 0 Å². The van der Waals surface area contributed by atoms with E-state index in [1.807, 2.05) is 6.92 Å². The molecule has 1 aliphatic rings. The van der Waals surface area contributed by atoms with Crippen LogP contribution in [0.5, 0.6) is 0 Å². The second-order valence-corrected chi connectivity index (χ2v) is 4.86. The maximum absolute atomic E-state index is 9.28. The Bertz CT molecular complexity index is 165. The van der Waals surface area contributed by atoms with Gasteiger partial charge < -0.3 is 15.3 Å². The second kappa shape index (κ2) is 6.46. The highest BCUT2D eigenvalue weighted by Crippen LogP contribution is 2.11. The molecule has 0 spiro atoms. The van der Waals surface area contributed by atoms with E-state index in [1.165, 1.54) is 32.5 Å². The Morgan fingerprint density at radius 1 is 1.33 bits per heavy atom. The third-order valence-electron chi connectivity index (χ3n) is 3.25. The minimum atomic E-state index is -0.191. The van der Waals surface area contributed by atoms with Crippen molar-refractivity contribution in [1.29, 1.82) is 0 Å². The highest BCUT2D eigenvalue weighted by molar-refractivity contribution is 4.79. The molecule has 3 nitrogen and oxygen atoms in total. The molecular formula is C12H26N2O. The first kappa shape index (κ1) is 12.9. The fourth-order valence-corrected chi connectivity index (χ4v) is 2.40. The number of likely N-dealkylation sites (tertiary alicyclic amines) is 1. The van der Waals surface area contributed by atoms with E-state index in [9.17, 15) is 5.11 Å². The van der Waals surface area contributed by atoms with Gasteiger partial charge in [-0.05, 0) is 52.7 Å². The molecule has 1 saturated heterocycles. The Morgan fingerprint density at radius 3 is 2.40 bits per heavy atom. The summed E-state index contributed by atoms with van der Waals surface area (Å²) in [6.07, 6.45) is 3.16. The standard InChI is InChI=1S/C12H26N2O/c1-4-14-7-5-12(6-8-14)13-10(2)9-11(3)15/h10-13,15H,4-9H2,1-3H3. The summed E-state index contributed by atoms with van der Waals surface area (Å²) < 4.78 is 0. The maximum Gasteiger partial charge on any atom is 0.0526 e. The van der Waals surface area contributed by atoms with Gasteiger partial charge in [-0.3, -0.25) is 0 Å². The molecule has 2 N–H and O–H groups in total. The first-order valence-corrected chi connectivity index (χ1v) is 6.28. The minimum Gasteiger partial charge on any atom is -0.393 e. The summed E-state index contributed by atoms with van der Waals surface area (Å²) in [4.78, 5) is 2.50. The SMILES string of the molecule is CCN1CCC(NC(C)CC(C)O)CC1. The van der Waals surface area contributed by atoms with E-state index in [1.54, 1.807) is 0 Å². The lowest BCUT2D eigenvalue weighted by Crippen LogP contribution is -2.45. The first-order valence-electron chi connectivity index (χ1n) is 6.28. The van der Waals surface area contributed by atoms with Gasteiger partial charge in [-0.15, -0.1) is 0 Å². The van der Waals surface area contributed by atoms with Crippen LogP contribution in [0.1, 0.15) is 40.0 Å². The zero-order chi connectivity index (χ0) is 11.3. The fourth-order valence-electron chi connectivity index (χ4n) is 2.40. The zero-order valence-corrected chi connectivity index (χ0v) is 10.4. The predicted molar refractivity (Wildman–Crippen MR) is 64.0 cm³/mol. The number of nitrogens with zero attached hydrogens (tertiary/aromatic N) is 1. The average Bonchev–Trinajstić information content (AvgIpc) is 2.17. The maximum atomic E-state index is 9.28. The lowest BCUT2D eigenvalue weighted by molar-refractivity contribution is 0.156. The molecule has 90 valence electrons. The van der Waals surface area contributed by atoms with Gasteiger partial charge >= 0.3 is 0 Å². The molecule has 1 aliphatic heterocycles. The van der Waals surface area contributed by atoms with Crippen LogP contribution in [-0.2, 0) is 0 Å². The zero-order valence-electron chi connectivity index (χ0n) is 10.4. The number of aliphatic hydroxyl groups excluding tert-OH is 1. The van der Waals surface area contributed by atoms with E-state index in [4.69, 9.17) is 0 Å². The lowest BCUT2D eigenvalue weighted by atomic mass is 10.0. The monoisotopic (exact) mass is 214 g/mol. The van der Waals surface area contributed by atoms with Crippen LogP contribution >= 0.6 is 0 Å². The molecule has 1 rings (SSSR count). The van der Waals surface area contributed by atoms with Crippen molar-refractivity contribution < 1.29 is 5.11 Å². The number of aliphatic hydroxyl groups is 1. The summed E-state index contributed by atoms with van der Waals surface area (Å²) in [5.41, 5.74) is 0. The number of hydrogen-bond donors (Lipinski definition) is 2. The second-order valence-electron chi connectivity index (χ2n) is 4.86. The number of hydrogen-bond acceptors (Lipinski definition) is 3. The molecule has 3 heteroatoms. The molecule has 0 aliphatic carbocycles. The summed E-state index contributed by atoms with van der Waals surface area (Å²) in [5, 5.41) is 12.9. The van der Waals surface area contributed by atoms with Gasteiger partial charge in [0.05, 0.1) is 6.10 Å². The van der Waals surface area contributed by atoms with E-state index in [0.29, 0.717) is 12.1 Å². The molecule has 0 aromatic rings. The third-order valence-corrected chi connectivity index (χ3v) is 3.25. The van der Waals surface area contributed by atoms with Gasteiger partial charge in [0, 0.05) is 12.1 Å². The van der Waals surface area contributed by atoms with Crippen LogP contribution in [0.15, 0.2) is 0 Å². The fraction of sp³-hybridized carbons (Fsp3) is 1.00. The van der Waals surface area contributed by atoms with E-state index in [-0.39, 0.29) is 6.10 Å². The van der Waals surface area contributed by atoms with E-state index < -0.39 is 0 Å². The van der Waals surface area contributed by atoms with Crippen LogP contribution in [-0.4, -0.2) is 47.8 Å². The smallest absolute Gasteiger partial charge is 0.0526 e. The van der Waals surface area contributed by atoms with Crippen LogP contribution in [0.25, 0.3) is 0 Å². The van der Waals surface area contributed by atoms with Crippen LogP contribution in [0.4, 0.5) is 0 Å². The topological polar surface area (TPSA) is 35.5 Å². The van der Waals surface area contributed by atoms with Crippen molar-refractivity contribution in [2.75, 3.05) is 19.6 Å². The molecule has 1 fully saturated rings. The number of nitrogens with one attached hydrogen (secondary N) is 1. The van der Waals surface area contributed by atoms with Crippen molar-refractivity contribution in [1.82, 2.24) is 10.2 Å². The molecule has 0 radical (unpaired) electrons. The summed E-state index contributed by atoms with van der Waals surface area (Å²) in [7, 11) is 0. The molecule has 0 aromatic heterocycles. The van der Waals surface area contributed by atoms with Gasteiger partial charge in [0.25, 0.3) is 0 Å². The molecule has 1 heterocycles. The average molecular weight is 214 g/mol. The summed E-state index contributed by atoms with van der Waals surface area (Å²) in [6.45, 7) is 9.86. The molecule has 2 atom stereocenters. The van der Waals surface area contributed by atoms with Gasteiger partial charge in [-0.2, -0.15) is 0 Å². The normalized spacial score (nSPS) is 24.0. The molecule has 0 bridgehead atoms. The van der Waals surface area contributed by atoms with E-state index in [2.05, 4.69) is 24.1 Å². The quantitative estimate of drug-likeness (QED) is 0.722. The summed E-state index contributed by atoms with van der Waals surface area (Å²) >= 11 is 0. The summed E-state index contributed by atoms with van der Waals surface area (Å²) in [5.74, 6) is 0. The Labute approximate surface area is 93.9 Å². The van der Waals surface area contributed by atoms with Crippen LogP contribution in [0.2, 0.25) is 0 Å². The van der Waals surface area contributed by atoms with Crippen molar-refractivity contribution in [2.24, 2.45) is 0 Å². The van der Waals surface area contributed by atoms with Gasteiger partial charge in [-0.1, -0.05) is 6.92 Å². The number of piperidine rings is 1. The van der Waals surface area contributed by atoms with E-state index in [0.717, 1.165) is 6.42 Å². The van der Waals surface area contributed by atoms with Crippen molar-refractivity contribution in [3.8, 4) is 0 Å².